The fourth-order valence-electron chi connectivity index (χ4n) is 3.18. The molecule has 4 aromatic rings. The second-order valence-corrected chi connectivity index (χ2v) is 6.70. The van der Waals surface area contributed by atoms with Crippen LogP contribution in [0.5, 0.6) is 0 Å². The second kappa shape index (κ2) is 7.60. The zero-order chi connectivity index (χ0) is 18.6. The van der Waals surface area contributed by atoms with Crippen LogP contribution in [0.1, 0.15) is 41.8 Å². The minimum atomic E-state index is -0.0219. The van der Waals surface area contributed by atoms with Gasteiger partial charge >= 0.3 is 0 Å². The van der Waals surface area contributed by atoms with Gasteiger partial charge in [0, 0.05) is 11.1 Å². The van der Waals surface area contributed by atoms with Crippen molar-refractivity contribution in [3.8, 4) is 11.5 Å². The van der Waals surface area contributed by atoms with Gasteiger partial charge in [0.15, 0.2) is 17.8 Å². The Morgan fingerprint density at radius 3 is 2.52 bits per heavy atom. The Hall–Kier alpha value is -3.18. The Kier molecular flexibility index (Phi) is 4.85. The predicted molar refractivity (Wildman–Crippen MR) is 102 cm³/mol. The number of benzene rings is 2. The number of aryl methyl sites for hydroxylation is 1. The average Bonchev–Trinajstić information content (AvgIpc) is 3.39. The molecule has 27 heavy (non-hydrogen) atoms. The van der Waals surface area contributed by atoms with E-state index < -0.39 is 0 Å². The van der Waals surface area contributed by atoms with Crippen LogP contribution in [-0.4, -0.2) is 10.2 Å². The summed E-state index contributed by atoms with van der Waals surface area (Å²) in [6.07, 6.45) is 1.70. The molecule has 2 N–H and O–H groups in total. The number of nitrogens with two attached hydrogens (primary N) is 1. The van der Waals surface area contributed by atoms with E-state index in [9.17, 15) is 0 Å². The molecule has 0 aliphatic carbocycles. The maximum atomic E-state index is 5.96. The van der Waals surface area contributed by atoms with Crippen molar-refractivity contribution in [3.63, 3.8) is 0 Å². The van der Waals surface area contributed by atoms with E-state index in [1.54, 1.807) is 6.26 Å². The molecule has 2 aromatic carbocycles. The molecule has 0 radical (unpaired) electrons. The molecule has 2 heterocycles. The van der Waals surface area contributed by atoms with Crippen LogP contribution in [0.2, 0.25) is 0 Å². The molecule has 2 aromatic heterocycles. The van der Waals surface area contributed by atoms with Gasteiger partial charge < -0.3 is 14.2 Å². The van der Waals surface area contributed by atoms with Crippen molar-refractivity contribution in [1.29, 1.82) is 0 Å². The van der Waals surface area contributed by atoms with Gasteiger partial charge in [0.1, 0.15) is 0 Å². The van der Waals surface area contributed by atoms with Gasteiger partial charge in [-0.15, -0.1) is 10.2 Å². The molecule has 0 bridgehead atoms. The number of nitrogens with zero attached hydrogens (tertiary/aromatic N) is 2. The summed E-state index contributed by atoms with van der Waals surface area (Å²) < 4.78 is 11.6. The van der Waals surface area contributed by atoms with Crippen LogP contribution in [0, 0.1) is 6.92 Å². The molecule has 0 amide bonds. The molecule has 0 spiro atoms. The number of hydrogen-bond acceptors (Lipinski definition) is 4. The van der Waals surface area contributed by atoms with Crippen molar-refractivity contribution >= 4 is 0 Å². The summed E-state index contributed by atoms with van der Waals surface area (Å²) >= 11 is 0. The van der Waals surface area contributed by atoms with Crippen LogP contribution in [0.3, 0.4) is 0 Å². The van der Waals surface area contributed by atoms with E-state index >= 15 is 0 Å². The Bertz CT molecular complexity index is 993. The lowest BCUT2D eigenvalue weighted by atomic mass is 10.0. The molecule has 0 unspecified atom stereocenters. The summed E-state index contributed by atoms with van der Waals surface area (Å²) in [7, 11) is 0. The first-order valence-corrected chi connectivity index (χ1v) is 9.04. The second-order valence-electron chi connectivity index (χ2n) is 6.70. The SMILES string of the molecule is Cc1cccc(-c2nnc([C@H](C)[NH2+][C@@H](c3ccccc3)c3ccco3)o2)c1. The molecule has 0 fully saturated rings. The summed E-state index contributed by atoms with van der Waals surface area (Å²) in [5.41, 5.74) is 3.26. The Balaban J connectivity index is 1.58. The molecule has 5 heteroatoms. The van der Waals surface area contributed by atoms with E-state index in [1.165, 1.54) is 0 Å². The van der Waals surface area contributed by atoms with Gasteiger partial charge in [0.2, 0.25) is 5.89 Å². The lowest BCUT2D eigenvalue weighted by Gasteiger charge is -2.16. The summed E-state index contributed by atoms with van der Waals surface area (Å²) in [5, 5.41) is 10.7. The zero-order valence-electron chi connectivity index (χ0n) is 15.4. The van der Waals surface area contributed by atoms with Crippen molar-refractivity contribution in [2.45, 2.75) is 25.9 Å². The van der Waals surface area contributed by atoms with Crippen molar-refractivity contribution < 1.29 is 14.2 Å². The largest absolute Gasteiger partial charge is 0.463 e. The quantitative estimate of drug-likeness (QED) is 0.563. The zero-order valence-corrected chi connectivity index (χ0v) is 15.4. The first-order chi connectivity index (χ1) is 13.2. The minimum Gasteiger partial charge on any atom is -0.463 e. The lowest BCUT2D eigenvalue weighted by Crippen LogP contribution is -2.85. The molecule has 0 aliphatic heterocycles. The van der Waals surface area contributed by atoms with Gasteiger partial charge in [-0.3, -0.25) is 0 Å². The smallest absolute Gasteiger partial charge is 0.274 e. The lowest BCUT2D eigenvalue weighted by molar-refractivity contribution is -0.727. The summed E-state index contributed by atoms with van der Waals surface area (Å²) in [6.45, 7) is 4.11. The highest BCUT2D eigenvalue weighted by Gasteiger charge is 2.26. The first kappa shape index (κ1) is 17.2. The number of hydrogen-bond donors (Lipinski definition) is 1. The first-order valence-electron chi connectivity index (χ1n) is 9.04. The van der Waals surface area contributed by atoms with Gasteiger partial charge in [-0.25, -0.2) is 0 Å². The molecule has 0 saturated heterocycles. The van der Waals surface area contributed by atoms with E-state index in [-0.39, 0.29) is 12.1 Å². The molecular weight excluding hydrogens is 338 g/mol. The highest BCUT2D eigenvalue weighted by atomic mass is 16.4. The monoisotopic (exact) mass is 360 g/mol. The molecule has 5 nitrogen and oxygen atoms in total. The summed E-state index contributed by atoms with van der Waals surface area (Å²) in [4.78, 5) is 0. The molecular formula is C22H22N3O2+. The van der Waals surface area contributed by atoms with E-state index in [4.69, 9.17) is 8.83 Å². The van der Waals surface area contributed by atoms with E-state index in [0.29, 0.717) is 11.8 Å². The van der Waals surface area contributed by atoms with Crippen molar-refractivity contribution in [3.05, 3.63) is 95.8 Å². The van der Waals surface area contributed by atoms with Crippen LogP contribution >= 0.6 is 0 Å². The van der Waals surface area contributed by atoms with Crippen molar-refractivity contribution in [1.82, 2.24) is 10.2 Å². The average molecular weight is 360 g/mol. The number of rotatable bonds is 6. The van der Waals surface area contributed by atoms with Gasteiger partial charge in [-0.2, -0.15) is 0 Å². The molecule has 0 aliphatic rings. The van der Waals surface area contributed by atoms with Gasteiger partial charge in [0.05, 0.1) is 6.26 Å². The van der Waals surface area contributed by atoms with Gasteiger partial charge in [-0.1, -0.05) is 48.0 Å². The fraction of sp³-hybridized carbons (Fsp3) is 0.182. The molecule has 136 valence electrons. The summed E-state index contributed by atoms with van der Waals surface area (Å²) in [6, 6.07) is 22.2. The standard InChI is InChI=1S/C22H21N3O2/c1-15-8-6-11-18(14-15)22-25-24-21(27-22)16(2)23-20(19-12-7-13-26-19)17-9-4-3-5-10-17/h3-14,16,20,23H,1-2H3/p+1/t16-,20-/m0/s1. The molecule has 0 saturated carbocycles. The predicted octanol–water partition coefficient (Wildman–Crippen LogP) is 4.05. The number of aromatic nitrogens is 2. The molecule has 4 rings (SSSR count). The third-order valence-corrected chi connectivity index (χ3v) is 4.58. The minimum absolute atomic E-state index is 0.0190. The maximum Gasteiger partial charge on any atom is 0.274 e. The van der Waals surface area contributed by atoms with Gasteiger partial charge in [-0.05, 0) is 38.1 Å². The normalized spacial score (nSPS) is 13.4. The van der Waals surface area contributed by atoms with E-state index in [1.807, 2.05) is 61.5 Å². The van der Waals surface area contributed by atoms with E-state index in [0.717, 1.165) is 22.5 Å². The van der Waals surface area contributed by atoms with Crippen molar-refractivity contribution in [2.24, 2.45) is 0 Å². The maximum absolute atomic E-state index is 5.96. The molecule has 2 atom stereocenters. The topological polar surface area (TPSA) is 68.7 Å². The Morgan fingerprint density at radius 1 is 0.926 bits per heavy atom. The van der Waals surface area contributed by atoms with Gasteiger partial charge in [0.25, 0.3) is 5.89 Å². The Labute approximate surface area is 158 Å². The van der Waals surface area contributed by atoms with Crippen LogP contribution in [0.15, 0.2) is 81.8 Å². The number of quaternary nitrogens is 1. The summed E-state index contributed by atoms with van der Waals surface area (Å²) in [5.74, 6) is 2.04. The fourth-order valence-corrected chi connectivity index (χ4v) is 3.18. The third-order valence-electron chi connectivity index (χ3n) is 4.58. The Morgan fingerprint density at radius 2 is 1.78 bits per heavy atom. The van der Waals surface area contributed by atoms with Crippen LogP contribution in [-0.2, 0) is 0 Å². The number of furan rings is 1. The van der Waals surface area contributed by atoms with Crippen molar-refractivity contribution in [2.75, 3.05) is 0 Å². The highest BCUT2D eigenvalue weighted by molar-refractivity contribution is 5.53. The van der Waals surface area contributed by atoms with Crippen LogP contribution in [0.25, 0.3) is 11.5 Å². The van der Waals surface area contributed by atoms with Crippen LogP contribution < -0.4 is 5.32 Å². The third kappa shape index (κ3) is 3.83. The van der Waals surface area contributed by atoms with E-state index in [2.05, 4.69) is 34.6 Å². The van der Waals surface area contributed by atoms with Crippen LogP contribution in [0.4, 0.5) is 0 Å². The highest BCUT2D eigenvalue weighted by Crippen LogP contribution is 2.23.